The van der Waals surface area contributed by atoms with E-state index in [0.29, 0.717) is 5.56 Å². The Hall–Kier alpha value is -1.35. The minimum absolute atomic E-state index is 0.00772. The predicted molar refractivity (Wildman–Crippen MR) is 53.2 cm³/mol. The third-order valence-electron chi connectivity index (χ3n) is 2.13. The van der Waals surface area contributed by atoms with Gasteiger partial charge in [-0.25, -0.2) is 4.79 Å². The molecule has 0 aliphatic carbocycles. The lowest BCUT2D eigenvalue weighted by atomic mass is 10.0. The van der Waals surface area contributed by atoms with Crippen LogP contribution in [0.15, 0.2) is 18.2 Å². The molecule has 0 saturated carbocycles. The Bertz CT molecular complexity index is 331. The van der Waals surface area contributed by atoms with Crippen LogP contribution in [0.3, 0.4) is 0 Å². The Kier molecular flexibility index (Phi) is 3.65. The molecule has 0 N–H and O–H groups in total. The number of carbonyl (C=O) groups is 1. The van der Waals surface area contributed by atoms with Crippen molar-refractivity contribution in [2.45, 2.75) is 13.8 Å². The maximum absolute atomic E-state index is 11.5. The van der Waals surface area contributed by atoms with E-state index in [4.69, 9.17) is 4.74 Å². The first-order chi connectivity index (χ1) is 6.66. The van der Waals surface area contributed by atoms with E-state index in [1.807, 2.05) is 26.0 Å². The molecular formula is C11H14O3. The molecule has 1 aromatic carbocycles. The van der Waals surface area contributed by atoms with E-state index in [0.717, 1.165) is 11.1 Å². The molecule has 0 aromatic heterocycles. The number of aryl methyl sites for hydroxylation is 1. The minimum Gasteiger partial charge on any atom is -0.435 e. The van der Waals surface area contributed by atoms with Gasteiger partial charge < -0.3 is 9.47 Å². The van der Waals surface area contributed by atoms with E-state index < -0.39 is 0 Å². The van der Waals surface area contributed by atoms with Crippen LogP contribution < -0.4 is 0 Å². The number of ether oxygens (including phenoxy) is 2. The molecular weight excluding hydrogens is 180 g/mol. The van der Waals surface area contributed by atoms with Crippen LogP contribution in [0.2, 0.25) is 0 Å². The second-order valence-electron chi connectivity index (χ2n) is 3.09. The highest BCUT2D eigenvalue weighted by Gasteiger charge is 2.10. The van der Waals surface area contributed by atoms with E-state index in [9.17, 15) is 4.79 Å². The first-order valence-electron chi connectivity index (χ1n) is 4.39. The van der Waals surface area contributed by atoms with E-state index in [2.05, 4.69) is 4.74 Å². The average Bonchev–Trinajstić information content (AvgIpc) is 2.18. The molecule has 0 amide bonds. The van der Waals surface area contributed by atoms with E-state index in [1.165, 1.54) is 7.11 Å². The van der Waals surface area contributed by atoms with Gasteiger partial charge in [-0.1, -0.05) is 12.1 Å². The van der Waals surface area contributed by atoms with Crippen molar-refractivity contribution in [2.75, 3.05) is 13.9 Å². The molecule has 0 unspecified atom stereocenters. The van der Waals surface area contributed by atoms with Crippen LogP contribution in [-0.4, -0.2) is 19.9 Å². The maximum atomic E-state index is 11.5. The molecule has 14 heavy (non-hydrogen) atoms. The van der Waals surface area contributed by atoms with Crippen molar-refractivity contribution in [1.82, 2.24) is 0 Å². The van der Waals surface area contributed by atoms with Crippen LogP contribution in [0, 0.1) is 13.8 Å². The summed E-state index contributed by atoms with van der Waals surface area (Å²) in [7, 11) is 1.48. The molecule has 0 radical (unpaired) electrons. The predicted octanol–water partition coefficient (Wildman–Crippen LogP) is 2.06. The van der Waals surface area contributed by atoms with E-state index >= 15 is 0 Å². The summed E-state index contributed by atoms with van der Waals surface area (Å²) in [5, 5.41) is 0. The van der Waals surface area contributed by atoms with Gasteiger partial charge in [-0.3, -0.25) is 0 Å². The number of benzene rings is 1. The SMILES string of the molecule is COCOC(=O)c1cccc(C)c1C. The van der Waals surface area contributed by atoms with Gasteiger partial charge in [-0.2, -0.15) is 0 Å². The molecule has 3 nitrogen and oxygen atoms in total. The summed E-state index contributed by atoms with van der Waals surface area (Å²) in [6.45, 7) is 3.85. The van der Waals surface area contributed by atoms with Crippen molar-refractivity contribution in [2.24, 2.45) is 0 Å². The minimum atomic E-state index is -0.340. The van der Waals surface area contributed by atoms with Crippen molar-refractivity contribution in [3.63, 3.8) is 0 Å². The molecule has 76 valence electrons. The second kappa shape index (κ2) is 4.77. The van der Waals surface area contributed by atoms with Crippen molar-refractivity contribution in [1.29, 1.82) is 0 Å². The van der Waals surface area contributed by atoms with Gasteiger partial charge in [0.2, 0.25) is 0 Å². The largest absolute Gasteiger partial charge is 0.435 e. The summed E-state index contributed by atoms with van der Waals surface area (Å²) in [4.78, 5) is 11.5. The maximum Gasteiger partial charge on any atom is 0.340 e. The molecule has 0 fully saturated rings. The molecule has 1 aromatic rings. The van der Waals surface area contributed by atoms with Gasteiger partial charge in [0.1, 0.15) is 0 Å². The fourth-order valence-corrected chi connectivity index (χ4v) is 1.16. The summed E-state index contributed by atoms with van der Waals surface area (Å²) in [5.74, 6) is -0.340. The lowest BCUT2D eigenvalue weighted by Gasteiger charge is -2.07. The van der Waals surface area contributed by atoms with Gasteiger partial charge in [0.25, 0.3) is 0 Å². The van der Waals surface area contributed by atoms with Crippen LogP contribution in [0.1, 0.15) is 21.5 Å². The second-order valence-corrected chi connectivity index (χ2v) is 3.09. The molecule has 3 heteroatoms. The van der Waals surface area contributed by atoms with Crippen LogP contribution in [0.25, 0.3) is 0 Å². The first-order valence-corrected chi connectivity index (χ1v) is 4.39. The average molecular weight is 194 g/mol. The van der Waals surface area contributed by atoms with Crippen LogP contribution in [0.4, 0.5) is 0 Å². The normalized spacial score (nSPS) is 9.93. The summed E-state index contributed by atoms with van der Waals surface area (Å²) in [6.07, 6.45) is 0. The number of hydrogen-bond acceptors (Lipinski definition) is 3. The molecule has 0 spiro atoms. The van der Waals surface area contributed by atoms with E-state index in [-0.39, 0.29) is 12.8 Å². The lowest BCUT2D eigenvalue weighted by Crippen LogP contribution is -2.09. The number of methoxy groups -OCH3 is 1. The van der Waals surface area contributed by atoms with Gasteiger partial charge >= 0.3 is 5.97 Å². The molecule has 0 heterocycles. The third-order valence-corrected chi connectivity index (χ3v) is 2.13. The Morgan fingerprint density at radius 1 is 1.36 bits per heavy atom. The molecule has 0 atom stereocenters. The molecule has 0 bridgehead atoms. The first kappa shape index (κ1) is 10.7. The number of hydrogen-bond donors (Lipinski definition) is 0. The topological polar surface area (TPSA) is 35.5 Å². The highest BCUT2D eigenvalue weighted by molar-refractivity contribution is 5.91. The van der Waals surface area contributed by atoms with Gasteiger partial charge in [0, 0.05) is 7.11 Å². The number of carbonyl (C=O) groups excluding carboxylic acids is 1. The fourth-order valence-electron chi connectivity index (χ4n) is 1.16. The summed E-state index contributed by atoms with van der Waals surface area (Å²) in [5.41, 5.74) is 2.63. The zero-order chi connectivity index (χ0) is 10.6. The smallest absolute Gasteiger partial charge is 0.340 e. The van der Waals surface area contributed by atoms with Crippen molar-refractivity contribution >= 4 is 5.97 Å². The molecule has 0 aliphatic heterocycles. The van der Waals surface area contributed by atoms with Gasteiger partial charge in [0.05, 0.1) is 5.56 Å². The van der Waals surface area contributed by atoms with Crippen LogP contribution in [-0.2, 0) is 9.47 Å². The van der Waals surface area contributed by atoms with Crippen molar-refractivity contribution < 1.29 is 14.3 Å². The monoisotopic (exact) mass is 194 g/mol. The Morgan fingerprint density at radius 2 is 2.07 bits per heavy atom. The van der Waals surface area contributed by atoms with Gasteiger partial charge in [0.15, 0.2) is 6.79 Å². The highest BCUT2D eigenvalue weighted by atomic mass is 16.7. The summed E-state index contributed by atoms with van der Waals surface area (Å²) in [6, 6.07) is 5.55. The third kappa shape index (κ3) is 2.33. The van der Waals surface area contributed by atoms with Crippen LogP contribution in [0.5, 0.6) is 0 Å². The Labute approximate surface area is 83.6 Å². The Morgan fingerprint density at radius 3 is 2.71 bits per heavy atom. The zero-order valence-corrected chi connectivity index (χ0v) is 8.66. The van der Waals surface area contributed by atoms with Crippen molar-refractivity contribution in [3.05, 3.63) is 34.9 Å². The van der Waals surface area contributed by atoms with Gasteiger partial charge in [-0.05, 0) is 31.0 Å². The fraction of sp³-hybridized carbons (Fsp3) is 0.364. The van der Waals surface area contributed by atoms with Crippen LogP contribution >= 0.6 is 0 Å². The summed E-state index contributed by atoms with van der Waals surface area (Å²) < 4.78 is 9.51. The Balaban J connectivity index is 2.84. The molecule has 1 rings (SSSR count). The number of rotatable bonds is 3. The summed E-state index contributed by atoms with van der Waals surface area (Å²) >= 11 is 0. The highest BCUT2D eigenvalue weighted by Crippen LogP contribution is 2.13. The number of esters is 1. The quantitative estimate of drug-likeness (QED) is 0.545. The van der Waals surface area contributed by atoms with Crippen molar-refractivity contribution in [3.8, 4) is 0 Å². The zero-order valence-electron chi connectivity index (χ0n) is 8.66. The molecule has 0 aliphatic rings. The standard InChI is InChI=1S/C11H14O3/c1-8-5-4-6-10(9(8)2)11(12)14-7-13-3/h4-6H,7H2,1-3H3. The molecule has 0 saturated heterocycles. The van der Waals surface area contributed by atoms with E-state index in [1.54, 1.807) is 6.07 Å². The van der Waals surface area contributed by atoms with Gasteiger partial charge in [-0.15, -0.1) is 0 Å². The lowest BCUT2D eigenvalue weighted by molar-refractivity contribution is -0.0125.